The van der Waals surface area contributed by atoms with Crippen molar-refractivity contribution in [2.75, 3.05) is 19.6 Å². The molecule has 0 spiro atoms. The first kappa shape index (κ1) is 16.5. The highest BCUT2D eigenvalue weighted by atomic mass is 32.2. The van der Waals surface area contributed by atoms with Crippen LogP contribution >= 0.6 is 0 Å². The number of hydrogen-bond donors (Lipinski definition) is 2. The summed E-state index contributed by atoms with van der Waals surface area (Å²) < 4.78 is 28.9. The maximum Gasteiger partial charge on any atom is 0.242 e. The van der Waals surface area contributed by atoms with Gasteiger partial charge in [-0.2, -0.15) is 0 Å². The van der Waals surface area contributed by atoms with Crippen molar-refractivity contribution < 1.29 is 13.5 Å². The van der Waals surface area contributed by atoms with Crippen molar-refractivity contribution in [3.05, 3.63) is 18.0 Å². The number of hydrogen-bond acceptors (Lipinski definition) is 4. The second-order valence-corrected chi connectivity index (χ2v) is 7.80. The van der Waals surface area contributed by atoms with Crippen LogP contribution in [0.4, 0.5) is 0 Å². The van der Waals surface area contributed by atoms with Gasteiger partial charge in [-0.3, -0.25) is 0 Å². The topological polar surface area (TPSA) is 74.6 Å². The van der Waals surface area contributed by atoms with Crippen LogP contribution in [0.25, 0.3) is 0 Å². The smallest absolute Gasteiger partial charge is 0.242 e. The van der Waals surface area contributed by atoms with Crippen LogP contribution in [-0.4, -0.2) is 48.7 Å². The predicted octanol–water partition coefficient (Wildman–Crippen LogP) is 0.526. The van der Waals surface area contributed by atoms with Gasteiger partial charge in [-0.1, -0.05) is 0 Å². The van der Waals surface area contributed by atoms with Crippen molar-refractivity contribution in [3.8, 4) is 0 Å². The lowest BCUT2D eigenvalue weighted by molar-refractivity contribution is 0.265. The first-order valence-corrected chi connectivity index (χ1v) is 8.81. The van der Waals surface area contributed by atoms with Crippen LogP contribution in [0.15, 0.2) is 17.2 Å². The van der Waals surface area contributed by atoms with Crippen molar-refractivity contribution in [1.29, 1.82) is 0 Å². The third-order valence-corrected chi connectivity index (χ3v) is 5.56. The molecule has 21 heavy (non-hydrogen) atoms. The Hall–Kier alpha value is -0.890. The molecule has 1 aromatic rings. The van der Waals surface area contributed by atoms with Gasteiger partial charge in [0.2, 0.25) is 10.0 Å². The second kappa shape index (κ2) is 6.48. The van der Waals surface area contributed by atoms with Gasteiger partial charge in [0.25, 0.3) is 0 Å². The molecule has 6 nitrogen and oxygen atoms in total. The summed E-state index contributed by atoms with van der Waals surface area (Å²) >= 11 is 0. The summed E-state index contributed by atoms with van der Waals surface area (Å²) in [6, 6.07) is 2.02. The molecule has 2 N–H and O–H groups in total. The minimum absolute atomic E-state index is 0.169. The molecule has 0 radical (unpaired) electrons. The van der Waals surface area contributed by atoms with Crippen LogP contribution in [0.2, 0.25) is 0 Å². The second-order valence-electron chi connectivity index (χ2n) is 6.03. The summed E-state index contributed by atoms with van der Waals surface area (Å²) in [4.78, 5) is 2.58. The maximum absolute atomic E-state index is 12.3. The zero-order valence-corrected chi connectivity index (χ0v) is 13.7. The summed E-state index contributed by atoms with van der Waals surface area (Å²) in [5, 5.41) is 9.14. The molecule has 0 amide bonds. The predicted molar refractivity (Wildman–Crippen MR) is 81.3 cm³/mol. The number of rotatable bonds is 6. The van der Waals surface area contributed by atoms with Gasteiger partial charge >= 0.3 is 0 Å². The molecule has 0 aromatic carbocycles. The molecular formula is C14H25N3O3S. The lowest BCUT2D eigenvalue weighted by Crippen LogP contribution is -2.32. The van der Waals surface area contributed by atoms with Gasteiger partial charge < -0.3 is 14.6 Å². The summed E-state index contributed by atoms with van der Waals surface area (Å²) in [6.07, 6.45) is 2.56. The zero-order valence-electron chi connectivity index (χ0n) is 12.9. The van der Waals surface area contributed by atoms with Crippen molar-refractivity contribution in [3.63, 3.8) is 0 Å². The van der Waals surface area contributed by atoms with E-state index in [0.717, 1.165) is 19.5 Å². The molecule has 1 aliphatic heterocycles. The number of aryl methyl sites for hydroxylation is 1. The van der Waals surface area contributed by atoms with Gasteiger partial charge in [0.1, 0.15) is 0 Å². The Balaban J connectivity index is 1.95. The summed E-state index contributed by atoms with van der Waals surface area (Å²) in [7, 11) is -1.77. The molecule has 0 aliphatic carbocycles. The highest BCUT2D eigenvalue weighted by Crippen LogP contribution is 2.19. The SMILES string of the molecule is CC(C)N1CCC(CNS(=O)(=O)c2cc(CO)n(C)c2)C1. The zero-order chi connectivity index (χ0) is 15.6. The average molecular weight is 315 g/mol. The molecule has 1 aromatic heterocycles. The molecule has 7 heteroatoms. The fraction of sp³-hybridized carbons (Fsp3) is 0.714. The summed E-state index contributed by atoms with van der Waals surface area (Å²) in [6.45, 7) is 6.59. The first-order valence-electron chi connectivity index (χ1n) is 7.33. The van der Waals surface area contributed by atoms with E-state index in [1.165, 1.54) is 12.3 Å². The quantitative estimate of drug-likeness (QED) is 0.803. The van der Waals surface area contributed by atoms with Crippen molar-refractivity contribution in [2.45, 2.75) is 37.8 Å². The third-order valence-electron chi connectivity index (χ3n) is 4.16. The highest BCUT2D eigenvalue weighted by molar-refractivity contribution is 7.89. The number of sulfonamides is 1. The molecule has 2 rings (SSSR count). The lowest BCUT2D eigenvalue weighted by Gasteiger charge is -2.20. The lowest BCUT2D eigenvalue weighted by atomic mass is 10.1. The van der Waals surface area contributed by atoms with E-state index in [1.54, 1.807) is 11.6 Å². The Morgan fingerprint density at radius 1 is 1.48 bits per heavy atom. The van der Waals surface area contributed by atoms with Gasteiger partial charge in [0, 0.05) is 38.1 Å². The van der Waals surface area contributed by atoms with E-state index in [0.29, 0.717) is 24.2 Å². The van der Waals surface area contributed by atoms with Gasteiger partial charge in [0.05, 0.1) is 11.5 Å². The number of aliphatic hydroxyl groups is 1. The van der Waals surface area contributed by atoms with Gasteiger partial charge in [0.15, 0.2) is 0 Å². The minimum Gasteiger partial charge on any atom is -0.390 e. The van der Waals surface area contributed by atoms with Gasteiger partial charge in [-0.15, -0.1) is 0 Å². The van der Waals surface area contributed by atoms with Gasteiger partial charge in [-0.25, -0.2) is 13.1 Å². The van der Waals surface area contributed by atoms with Crippen molar-refractivity contribution in [2.24, 2.45) is 13.0 Å². The number of likely N-dealkylation sites (tertiary alicyclic amines) is 1. The molecule has 120 valence electrons. The number of nitrogens with zero attached hydrogens (tertiary/aromatic N) is 2. The Kier molecular flexibility index (Phi) is 5.08. The number of aromatic nitrogens is 1. The standard InChI is InChI=1S/C14H25N3O3S/c1-11(2)17-5-4-12(8-17)7-15-21(19,20)14-6-13(10-18)16(3)9-14/h6,9,11-12,15,18H,4-5,7-8,10H2,1-3H3. The molecule has 1 fully saturated rings. The van der Waals surface area contributed by atoms with Crippen molar-refractivity contribution >= 4 is 10.0 Å². The normalized spacial score (nSPS) is 20.5. The average Bonchev–Trinajstić information content (AvgIpc) is 3.03. The first-order chi connectivity index (χ1) is 9.83. The van der Waals surface area contributed by atoms with Crippen LogP contribution in [0.5, 0.6) is 0 Å². The summed E-state index contributed by atoms with van der Waals surface area (Å²) in [5.41, 5.74) is 0.585. The van der Waals surface area contributed by atoms with E-state index in [9.17, 15) is 8.42 Å². The fourth-order valence-electron chi connectivity index (χ4n) is 2.69. The van der Waals surface area contributed by atoms with Crippen LogP contribution < -0.4 is 4.72 Å². The number of nitrogens with one attached hydrogen (secondary N) is 1. The maximum atomic E-state index is 12.3. The molecule has 1 atom stereocenters. The highest BCUT2D eigenvalue weighted by Gasteiger charge is 2.26. The van der Waals surface area contributed by atoms with Crippen LogP contribution in [0.3, 0.4) is 0 Å². The Labute approximate surface area is 126 Å². The van der Waals surface area contributed by atoms with E-state index in [4.69, 9.17) is 5.11 Å². The molecule has 1 unspecified atom stereocenters. The van der Waals surface area contributed by atoms with E-state index < -0.39 is 10.0 Å². The molecule has 0 bridgehead atoms. The van der Waals surface area contributed by atoms with E-state index in [1.807, 2.05) is 0 Å². The van der Waals surface area contributed by atoms with Crippen LogP contribution in [-0.2, 0) is 23.7 Å². The van der Waals surface area contributed by atoms with Crippen LogP contribution in [0, 0.1) is 5.92 Å². The fourth-order valence-corrected chi connectivity index (χ4v) is 3.90. The molecule has 0 saturated carbocycles. The van der Waals surface area contributed by atoms with Crippen LogP contribution in [0.1, 0.15) is 26.0 Å². The Morgan fingerprint density at radius 3 is 2.71 bits per heavy atom. The molecule has 1 aliphatic rings. The minimum atomic E-state index is -3.50. The Morgan fingerprint density at radius 2 is 2.19 bits per heavy atom. The molecule has 1 saturated heterocycles. The summed E-state index contributed by atoms with van der Waals surface area (Å²) in [5.74, 6) is 0.364. The molecule has 2 heterocycles. The van der Waals surface area contributed by atoms with E-state index in [-0.39, 0.29) is 11.5 Å². The molecular weight excluding hydrogens is 290 g/mol. The largest absolute Gasteiger partial charge is 0.390 e. The van der Waals surface area contributed by atoms with E-state index >= 15 is 0 Å². The van der Waals surface area contributed by atoms with Gasteiger partial charge in [-0.05, 0) is 38.8 Å². The Bertz CT molecular complexity index is 580. The third kappa shape index (κ3) is 3.85. The monoisotopic (exact) mass is 315 g/mol. The number of aliphatic hydroxyl groups excluding tert-OH is 1. The van der Waals surface area contributed by atoms with E-state index in [2.05, 4.69) is 23.5 Å². The van der Waals surface area contributed by atoms with Crippen molar-refractivity contribution in [1.82, 2.24) is 14.2 Å².